The smallest absolute Gasteiger partial charge is 0.0599 e. The SMILES string of the molecule is CNCCCOC1CCN(Cc2ccccc2)CC1. The van der Waals surface area contributed by atoms with Crippen molar-refractivity contribution in [2.75, 3.05) is 33.3 Å². The molecular weight excluding hydrogens is 236 g/mol. The first kappa shape index (κ1) is 14.5. The number of nitrogens with zero attached hydrogens (tertiary/aromatic N) is 1. The highest BCUT2D eigenvalue weighted by molar-refractivity contribution is 5.14. The average molecular weight is 262 g/mol. The minimum Gasteiger partial charge on any atom is -0.378 e. The van der Waals surface area contributed by atoms with Gasteiger partial charge in [-0.25, -0.2) is 0 Å². The Labute approximate surface area is 116 Å². The van der Waals surface area contributed by atoms with E-state index in [0.29, 0.717) is 6.10 Å². The van der Waals surface area contributed by atoms with Crippen LogP contribution in [0.1, 0.15) is 24.8 Å². The van der Waals surface area contributed by atoms with Crippen molar-refractivity contribution in [3.63, 3.8) is 0 Å². The third kappa shape index (κ3) is 5.31. The van der Waals surface area contributed by atoms with Crippen molar-refractivity contribution in [1.29, 1.82) is 0 Å². The van der Waals surface area contributed by atoms with Gasteiger partial charge in [-0.15, -0.1) is 0 Å². The molecule has 0 atom stereocenters. The fourth-order valence-electron chi connectivity index (χ4n) is 2.57. The van der Waals surface area contributed by atoms with Crippen LogP contribution >= 0.6 is 0 Å². The Morgan fingerprint density at radius 3 is 2.63 bits per heavy atom. The normalized spacial score (nSPS) is 17.7. The van der Waals surface area contributed by atoms with E-state index < -0.39 is 0 Å². The molecule has 1 saturated heterocycles. The molecule has 3 nitrogen and oxygen atoms in total. The number of nitrogens with one attached hydrogen (secondary N) is 1. The van der Waals surface area contributed by atoms with Gasteiger partial charge in [-0.1, -0.05) is 30.3 Å². The Hall–Kier alpha value is -0.900. The Kier molecular flexibility index (Phi) is 6.34. The van der Waals surface area contributed by atoms with Gasteiger partial charge in [0.05, 0.1) is 6.10 Å². The summed E-state index contributed by atoms with van der Waals surface area (Å²) in [6.07, 6.45) is 3.93. The monoisotopic (exact) mass is 262 g/mol. The molecule has 0 radical (unpaired) electrons. The molecule has 19 heavy (non-hydrogen) atoms. The summed E-state index contributed by atoms with van der Waals surface area (Å²) in [5.41, 5.74) is 1.41. The van der Waals surface area contributed by atoms with E-state index in [2.05, 4.69) is 40.5 Å². The Morgan fingerprint density at radius 1 is 1.21 bits per heavy atom. The largest absolute Gasteiger partial charge is 0.378 e. The third-order valence-corrected chi connectivity index (χ3v) is 3.71. The molecule has 0 amide bonds. The van der Waals surface area contributed by atoms with Crippen LogP contribution in [0.15, 0.2) is 30.3 Å². The fourth-order valence-corrected chi connectivity index (χ4v) is 2.57. The number of rotatable bonds is 7. The minimum absolute atomic E-state index is 0.476. The molecule has 1 N–H and O–H groups in total. The molecule has 0 saturated carbocycles. The van der Waals surface area contributed by atoms with Crippen LogP contribution in [0.5, 0.6) is 0 Å². The van der Waals surface area contributed by atoms with Gasteiger partial charge < -0.3 is 10.1 Å². The number of piperidine rings is 1. The van der Waals surface area contributed by atoms with Crippen LogP contribution in [0, 0.1) is 0 Å². The molecule has 0 aromatic heterocycles. The van der Waals surface area contributed by atoms with Gasteiger partial charge in [-0.2, -0.15) is 0 Å². The summed E-state index contributed by atoms with van der Waals surface area (Å²) in [5.74, 6) is 0. The first-order chi connectivity index (χ1) is 9.38. The van der Waals surface area contributed by atoms with Crippen molar-refractivity contribution in [2.24, 2.45) is 0 Å². The topological polar surface area (TPSA) is 24.5 Å². The van der Waals surface area contributed by atoms with E-state index >= 15 is 0 Å². The highest BCUT2D eigenvalue weighted by Gasteiger charge is 2.19. The molecule has 1 aliphatic heterocycles. The van der Waals surface area contributed by atoms with Crippen LogP contribution in [0.4, 0.5) is 0 Å². The molecule has 0 aliphatic carbocycles. The predicted octanol–water partition coefficient (Wildman–Crippen LogP) is 2.28. The van der Waals surface area contributed by atoms with Crippen molar-refractivity contribution in [3.8, 4) is 0 Å². The molecule has 106 valence electrons. The Bertz CT molecular complexity index is 334. The number of benzene rings is 1. The Morgan fingerprint density at radius 2 is 1.95 bits per heavy atom. The first-order valence-electron chi connectivity index (χ1n) is 7.41. The molecule has 0 unspecified atom stereocenters. The summed E-state index contributed by atoms with van der Waals surface area (Å²) < 4.78 is 5.92. The maximum absolute atomic E-state index is 5.92. The van der Waals surface area contributed by atoms with Crippen LogP contribution in [-0.2, 0) is 11.3 Å². The summed E-state index contributed by atoms with van der Waals surface area (Å²) in [7, 11) is 1.99. The van der Waals surface area contributed by atoms with E-state index in [1.165, 1.54) is 18.4 Å². The molecule has 0 spiro atoms. The van der Waals surface area contributed by atoms with Gasteiger partial charge in [-0.05, 0) is 38.4 Å². The quantitative estimate of drug-likeness (QED) is 0.763. The second-order valence-electron chi connectivity index (χ2n) is 5.29. The molecule has 1 fully saturated rings. The van der Waals surface area contributed by atoms with Crippen molar-refractivity contribution in [1.82, 2.24) is 10.2 Å². The van der Waals surface area contributed by atoms with E-state index in [1.807, 2.05) is 7.05 Å². The zero-order valence-electron chi connectivity index (χ0n) is 12.0. The third-order valence-electron chi connectivity index (χ3n) is 3.71. The minimum atomic E-state index is 0.476. The van der Waals surface area contributed by atoms with Gasteiger partial charge in [-0.3, -0.25) is 4.90 Å². The fraction of sp³-hybridized carbons (Fsp3) is 0.625. The van der Waals surface area contributed by atoms with Crippen molar-refractivity contribution >= 4 is 0 Å². The zero-order chi connectivity index (χ0) is 13.3. The summed E-state index contributed by atoms with van der Waals surface area (Å²) in [5, 5.41) is 3.15. The Balaban J connectivity index is 1.62. The maximum atomic E-state index is 5.92. The second kappa shape index (κ2) is 8.31. The lowest BCUT2D eigenvalue weighted by molar-refractivity contribution is 0.00519. The van der Waals surface area contributed by atoms with Gasteiger partial charge in [0.2, 0.25) is 0 Å². The van der Waals surface area contributed by atoms with Crippen molar-refractivity contribution < 1.29 is 4.74 Å². The highest BCUT2D eigenvalue weighted by Crippen LogP contribution is 2.16. The van der Waals surface area contributed by atoms with E-state index in [1.54, 1.807) is 0 Å². The van der Waals surface area contributed by atoms with E-state index in [4.69, 9.17) is 4.74 Å². The van der Waals surface area contributed by atoms with Crippen LogP contribution in [0.25, 0.3) is 0 Å². The summed E-state index contributed by atoms with van der Waals surface area (Å²) in [6, 6.07) is 10.7. The van der Waals surface area contributed by atoms with Gasteiger partial charge in [0.25, 0.3) is 0 Å². The lowest BCUT2D eigenvalue weighted by Gasteiger charge is -2.31. The lowest BCUT2D eigenvalue weighted by atomic mass is 10.1. The highest BCUT2D eigenvalue weighted by atomic mass is 16.5. The van der Waals surface area contributed by atoms with Crippen molar-refractivity contribution in [2.45, 2.75) is 31.9 Å². The number of ether oxygens (including phenoxy) is 1. The summed E-state index contributed by atoms with van der Waals surface area (Å²) in [6.45, 7) is 5.33. The van der Waals surface area contributed by atoms with Gasteiger partial charge in [0, 0.05) is 26.2 Å². The lowest BCUT2D eigenvalue weighted by Crippen LogP contribution is -2.36. The van der Waals surface area contributed by atoms with Crippen LogP contribution in [-0.4, -0.2) is 44.3 Å². The van der Waals surface area contributed by atoms with E-state index in [0.717, 1.165) is 39.2 Å². The van der Waals surface area contributed by atoms with Gasteiger partial charge in [0.15, 0.2) is 0 Å². The van der Waals surface area contributed by atoms with E-state index in [9.17, 15) is 0 Å². The maximum Gasteiger partial charge on any atom is 0.0599 e. The molecule has 1 aromatic carbocycles. The number of hydrogen-bond acceptors (Lipinski definition) is 3. The average Bonchev–Trinajstić information content (AvgIpc) is 2.46. The molecule has 2 rings (SSSR count). The molecule has 1 heterocycles. The summed E-state index contributed by atoms with van der Waals surface area (Å²) in [4.78, 5) is 2.53. The standard InChI is InChI=1S/C16H26N2O/c1-17-10-5-13-19-16-8-11-18(12-9-16)14-15-6-3-2-4-7-15/h2-4,6-7,16-17H,5,8-14H2,1H3. The van der Waals surface area contributed by atoms with Crippen LogP contribution < -0.4 is 5.32 Å². The molecule has 1 aromatic rings. The number of likely N-dealkylation sites (tertiary alicyclic amines) is 1. The molecule has 3 heteroatoms. The van der Waals surface area contributed by atoms with Gasteiger partial charge in [0.1, 0.15) is 0 Å². The second-order valence-corrected chi connectivity index (χ2v) is 5.29. The first-order valence-corrected chi connectivity index (χ1v) is 7.41. The van der Waals surface area contributed by atoms with Crippen LogP contribution in [0.2, 0.25) is 0 Å². The van der Waals surface area contributed by atoms with E-state index in [-0.39, 0.29) is 0 Å². The predicted molar refractivity (Wildman–Crippen MR) is 79.2 cm³/mol. The zero-order valence-corrected chi connectivity index (χ0v) is 12.0. The summed E-state index contributed by atoms with van der Waals surface area (Å²) >= 11 is 0. The number of hydrogen-bond donors (Lipinski definition) is 1. The van der Waals surface area contributed by atoms with Crippen molar-refractivity contribution in [3.05, 3.63) is 35.9 Å². The molecular formula is C16H26N2O. The van der Waals surface area contributed by atoms with Gasteiger partial charge >= 0.3 is 0 Å². The van der Waals surface area contributed by atoms with Crippen LogP contribution in [0.3, 0.4) is 0 Å². The molecule has 1 aliphatic rings. The molecule has 0 bridgehead atoms.